The van der Waals surface area contributed by atoms with Gasteiger partial charge in [0.2, 0.25) is 5.88 Å². The second-order valence-electron chi connectivity index (χ2n) is 3.64. The van der Waals surface area contributed by atoms with Crippen LogP contribution in [-0.4, -0.2) is 28.8 Å². The topological polar surface area (TPSA) is 81.3 Å². The number of ether oxygens (including phenoxy) is 1. The second-order valence-corrected chi connectivity index (χ2v) is 3.64. The van der Waals surface area contributed by atoms with Crippen LogP contribution in [-0.2, 0) is 0 Å². The van der Waals surface area contributed by atoms with Gasteiger partial charge in [0.1, 0.15) is 5.82 Å². The van der Waals surface area contributed by atoms with E-state index in [9.17, 15) is 0 Å². The van der Waals surface area contributed by atoms with Gasteiger partial charge in [-0.3, -0.25) is 0 Å². The molecule has 0 saturated heterocycles. The molecule has 0 saturated carbocycles. The van der Waals surface area contributed by atoms with Crippen molar-refractivity contribution in [3.8, 4) is 5.88 Å². The van der Waals surface area contributed by atoms with E-state index in [-0.39, 0.29) is 12.5 Å². The predicted molar refractivity (Wildman–Crippen MR) is 56.7 cm³/mol. The maximum absolute atomic E-state index is 8.96. The van der Waals surface area contributed by atoms with Crippen molar-refractivity contribution in [3.05, 3.63) is 17.6 Å². The van der Waals surface area contributed by atoms with Crippen molar-refractivity contribution >= 4 is 0 Å². The molecule has 0 aromatic carbocycles. The maximum Gasteiger partial charge on any atom is 0.216 e. The van der Waals surface area contributed by atoms with Gasteiger partial charge in [-0.05, 0) is 0 Å². The number of aromatic nitrogens is 2. The van der Waals surface area contributed by atoms with Gasteiger partial charge in [0.05, 0.1) is 25.5 Å². The Labute approximate surface area is 89.3 Å². The first-order chi connectivity index (χ1) is 7.08. The van der Waals surface area contributed by atoms with Gasteiger partial charge >= 0.3 is 0 Å². The molecule has 0 aliphatic carbocycles. The molecule has 5 nitrogen and oxygen atoms in total. The van der Waals surface area contributed by atoms with Crippen molar-refractivity contribution < 1.29 is 9.84 Å². The monoisotopic (exact) mass is 211 g/mol. The highest BCUT2D eigenvalue weighted by atomic mass is 16.5. The van der Waals surface area contributed by atoms with Crippen LogP contribution in [0.25, 0.3) is 0 Å². The van der Waals surface area contributed by atoms with E-state index in [1.807, 2.05) is 13.8 Å². The lowest BCUT2D eigenvalue weighted by Gasteiger charge is -2.12. The first kappa shape index (κ1) is 11.9. The molecule has 0 spiro atoms. The predicted octanol–water partition coefficient (Wildman–Crippen LogP) is 0.601. The Balaban J connectivity index is 3.11. The first-order valence-electron chi connectivity index (χ1n) is 4.87. The van der Waals surface area contributed by atoms with Crippen molar-refractivity contribution in [1.29, 1.82) is 0 Å². The fourth-order valence-electron chi connectivity index (χ4n) is 1.11. The van der Waals surface area contributed by atoms with Gasteiger partial charge in [-0.2, -0.15) is 4.98 Å². The third-order valence-electron chi connectivity index (χ3n) is 2.04. The summed E-state index contributed by atoms with van der Waals surface area (Å²) in [7, 11) is 1.54. The highest BCUT2D eigenvalue weighted by Crippen LogP contribution is 2.18. The summed E-state index contributed by atoms with van der Waals surface area (Å²) in [6, 6.07) is 1.16. The molecule has 0 fully saturated rings. The Morgan fingerprint density at radius 2 is 2.13 bits per heavy atom. The van der Waals surface area contributed by atoms with Crippen LogP contribution in [0, 0.1) is 0 Å². The van der Waals surface area contributed by atoms with Gasteiger partial charge in [-0.1, -0.05) is 13.8 Å². The minimum absolute atomic E-state index is 0.141. The average molecular weight is 211 g/mol. The summed E-state index contributed by atoms with van der Waals surface area (Å²) in [5, 5.41) is 8.96. The number of nitrogens with zero attached hydrogens (tertiary/aromatic N) is 2. The number of hydrogen-bond donors (Lipinski definition) is 2. The van der Waals surface area contributed by atoms with E-state index in [4.69, 9.17) is 15.6 Å². The molecule has 1 rings (SSSR count). The highest BCUT2D eigenvalue weighted by molar-refractivity contribution is 5.20. The number of nitrogens with two attached hydrogens (primary N) is 1. The lowest BCUT2D eigenvalue weighted by atomic mass is 10.1. The Morgan fingerprint density at radius 3 is 2.60 bits per heavy atom. The zero-order valence-corrected chi connectivity index (χ0v) is 9.27. The molecule has 1 aromatic rings. The quantitative estimate of drug-likeness (QED) is 0.762. The normalized spacial score (nSPS) is 12.9. The molecule has 1 unspecified atom stereocenters. The third kappa shape index (κ3) is 2.87. The van der Waals surface area contributed by atoms with Crippen molar-refractivity contribution in [2.45, 2.75) is 25.8 Å². The summed E-state index contributed by atoms with van der Waals surface area (Å²) in [5.74, 6) is 1.35. The fraction of sp³-hybridized carbons (Fsp3) is 0.600. The first-order valence-corrected chi connectivity index (χ1v) is 4.87. The van der Waals surface area contributed by atoms with E-state index in [0.29, 0.717) is 17.4 Å². The van der Waals surface area contributed by atoms with Crippen LogP contribution >= 0.6 is 0 Å². The Kier molecular flexibility index (Phi) is 3.99. The van der Waals surface area contributed by atoms with E-state index in [1.54, 1.807) is 13.2 Å². The molecule has 15 heavy (non-hydrogen) atoms. The molecule has 3 N–H and O–H groups in total. The van der Waals surface area contributed by atoms with E-state index >= 15 is 0 Å². The highest BCUT2D eigenvalue weighted by Gasteiger charge is 2.12. The zero-order valence-electron chi connectivity index (χ0n) is 9.27. The number of hydrogen-bond acceptors (Lipinski definition) is 5. The number of aliphatic hydroxyl groups is 1. The summed E-state index contributed by atoms with van der Waals surface area (Å²) in [5.41, 5.74) is 6.30. The minimum atomic E-state index is -0.487. The maximum atomic E-state index is 8.96. The molecular weight excluding hydrogens is 194 g/mol. The molecule has 0 radical (unpaired) electrons. The SMILES string of the molecule is COc1cc(C(N)CO)nc(C(C)C)n1. The van der Waals surface area contributed by atoms with Crippen LogP contribution < -0.4 is 10.5 Å². The molecule has 0 amide bonds. The van der Waals surface area contributed by atoms with Crippen LogP contribution in [0.5, 0.6) is 5.88 Å². The molecule has 0 bridgehead atoms. The lowest BCUT2D eigenvalue weighted by molar-refractivity contribution is 0.265. The van der Waals surface area contributed by atoms with Crippen molar-refractivity contribution in [2.75, 3.05) is 13.7 Å². The Hall–Kier alpha value is -1.20. The molecule has 0 aliphatic rings. The average Bonchev–Trinajstić information content (AvgIpc) is 2.27. The second kappa shape index (κ2) is 5.04. The molecule has 84 valence electrons. The fourth-order valence-corrected chi connectivity index (χ4v) is 1.11. The zero-order chi connectivity index (χ0) is 11.4. The van der Waals surface area contributed by atoms with E-state index in [0.717, 1.165) is 0 Å². The Morgan fingerprint density at radius 1 is 1.47 bits per heavy atom. The van der Waals surface area contributed by atoms with Crippen molar-refractivity contribution in [2.24, 2.45) is 5.73 Å². The summed E-state index contributed by atoms with van der Waals surface area (Å²) < 4.78 is 5.05. The van der Waals surface area contributed by atoms with Crippen LogP contribution in [0.3, 0.4) is 0 Å². The number of methoxy groups -OCH3 is 1. The van der Waals surface area contributed by atoms with Gasteiger partial charge in [-0.15, -0.1) is 0 Å². The number of aliphatic hydroxyl groups excluding tert-OH is 1. The Bertz CT molecular complexity index is 328. The van der Waals surface area contributed by atoms with Crippen molar-refractivity contribution in [3.63, 3.8) is 0 Å². The van der Waals surface area contributed by atoms with E-state index in [1.165, 1.54) is 0 Å². The molecular formula is C10H17N3O2. The van der Waals surface area contributed by atoms with Crippen LogP contribution in [0.4, 0.5) is 0 Å². The summed E-state index contributed by atoms with van der Waals surface area (Å²) in [6.45, 7) is 3.84. The van der Waals surface area contributed by atoms with Gasteiger partial charge < -0.3 is 15.6 Å². The van der Waals surface area contributed by atoms with E-state index in [2.05, 4.69) is 9.97 Å². The van der Waals surface area contributed by atoms with Gasteiger partial charge in [0.15, 0.2) is 0 Å². The molecule has 1 heterocycles. The van der Waals surface area contributed by atoms with Gasteiger partial charge in [0, 0.05) is 12.0 Å². The lowest BCUT2D eigenvalue weighted by Crippen LogP contribution is -2.17. The third-order valence-corrected chi connectivity index (χ3v) is 2.04. The molecule has 5 heteroatoms. The van der Waals surface area contributed by atoms with Crippen LogP contribution in [0.1, 0.15) is 37.3 Å². The molecule has 1 aromatic heterocycles. The van der Waals surface area contributed by atoms with Gasteiger partial charge in [-0.25, -0.2) is 4.98 Å². The number of rotatable bonds is 4. The minimum Gasteiger partial charge on any atom is -0.481 e. The summed E-state index contributed by atoms with van der Waals surface area (Å²) >= 11 is 0. The van der Waals surface area contributed by atoms with E-state index < -0.39 is 6.04 Å². The van der Waals surface area contributed by atoms with Crippen LogP contribution in [0.2, 0.25) is 0 Å². The smallest absolute Gasteiger partial charge is 0.216 e. The molecule has 1 atom stereocenters. The summed E-state index contributed by atoms with van der Waals surface area (Å²) in [6.07, 6.45) is 0. The molecule has 0 aliphatic heterocycles. The van der Waals surface area contributed by atoms with Crippen LogP contribution in [0.15, 0.2) is 6.07 Å². The van der Waals surface area contributed by atoms with Gasteiger partial charge in [0.25, 0.3) is 0 Å². The summed E-state index contributed by atoms with van der Waals surface area (Å²) in [4.78, 5) is 8.47. The standard InChI is InChI=1S/C10H17N3O2/c1-6(2)10-12-8(7(11)5-14)4-9(13-10)15-3/h4,6-7,14H,5,11H2,1-3H3. The van der Waals surface area contributed by atoms with Crippen molar-refractivity contribution in [1.82, 2.24) is 9.97 Å². The largest absolute Gasteiger partial charge is 0.481 e.